The summed E-state index contributed by atoms with van der Waals surface area (Å²) in [5, 5.41) is 2.99. The van der Waals surface area contributed by atoms with E-state index in [1.165, 1.54) is 6.20 Å². The molecule has 1 N–H and O–H groups in total. The SMILES string of the molecule is Cc1ccc(C)c(NC=C2C(=O)OC(C)(C(C)(C)C)OC2=O)c1. The molecule has 1 aliphatic rings. The average Bonchev–Trinajstić information content (AvgIpc) is 2.40. The molecule has 0 aliphatic carbocycles. The molecule has 1 heterocycles. The second-order valence-electron chi connectivity index (χ2n) is 7.00. The number of esters is 2. The van der Waals surface area contributed by atoms with Gasteiger partial charge in [0.25, 0.3) is 5.79 Å². The molecule has 0 atom stereocenters. The first kappa shape index (κ1) is 17.1. The van der Waals surface area contributed by atoms with Gasteiger partial charge in [0.05, 0.1) is 0 Å². The Balaban J connectivity index is 2.23. The van der Waals surface area contributed by atoms with Gasteiger partial charge in [-0.05, 0) is 31.0 Å². The highest BCUT2D eigenvalue weighted by molar-refractivity contribution is 6.15. The van der Waals surface area contributed by atoms with E-state index in [1.54, 1.807) is 6.92 Å². The van der Waals surface area contributed by atoms with Crippen LogP contribution in [0.1, 0.15) is 38.8 Å². The molecule has 2 rings (SSSR count). The predicted octanol–water partition coefficient (Wildman–Crippen LogP) is 3.46. The number of anilines is 1. The smallest absolute Gasteiger partial charge is 0.350 e. The fraction of sp³-hybridized carbons (Fsp3) is 0.444. The molecule has 0 unspecified atom stereocenters. The van der Waals surface area contributed by atoms with E-state index in [9.17, 15) is 9.59 Å². The molecule has 1 aromatic carbocycles. The highest BCUT2D eigenvalue weighted by Gasteiger charge is 2.50. The van der Waals surface area contributed by atoms with Crippen LogP contribution < -0.4 is 5.32 Å². The highest BCUT2D eigenvalue weighted by atomic mass is 16.7. The zero-order valence-electron chi connectivity index (χ0n) is 14.4. The largest absolute Gasteiger partial charge is 0.418 e. The maximum absolute atomic E-state index is 12.2. The van der Waals surface area contributed by atoms with E-state index in [0.717, 1.165) is 16.8 Å². The molecule has 0 spiro atoms. The minimum Gasteiger partial charge on any atom is -0.418 e. The Morgan fingerprint density at radius 2 is 1.65 bits per heavy atom. The van der Waals surface area contributed by atoms with Gasteiger partial charge in [0.15, 0.2) is 5.57 Å². The average molecular weight is 317 g/mol. The fourth-order valence-corrected chi connectivity index (χ4v) is 2.03. The molecule has 0 amide bonds. The number of ether oxygens (including phenoxy) is 2. The van der Waals surface area contributed by atoms with Crippen LogP contribution in [0.2, 0.25) is 0 Å². The monoisotopic (exact) mass is 317 g/mol. The molecular weight excluding hydrogens is 294 g/mol. The molecule has 0 saturated carbocycles. The van der Waals surface area contributed by atoms with E-state index in [-0.39, 0.29) is 5.57 Å². The molecule has 0 aromatic heterocycles. The Bertz CT molecular complexity index is 663. The van der Waals surface area contributed by atoms with Crippen molar-refractivity contribution in [3.05, 3.63) is 41.1 Å². The van der Waals surface area contributed by atoms with Crippen LogP contribution in [0.25, 0.3) is 0 Å². The zero-order chi connectivity index (χ0) is 17.4. The summed E-state index contributed by atoms with van der Waals surface area (Å²) in [6.45, 7) is 11.0. The van der Waals surface area contributed by atoms with Crippen LogP contribution in [-0.4, -0.2) is 17.7 Å². The van der Waals surface area contributed by atoms with Crippen LogP contribution in [0.5, 0.6) is 0 Å². The van der Waals surface area contributed by atoms with Gasteiger partial charge in [0.2, 0.25) is 0 Å². The van der Waals surface area contributed by atoms with Gasteiger partial charge >= 0.3 is 11.9 Å². The first-order valence-electron chi connectivity index (χ1n) is 7.54. The molecule has 124 valence electrons. The summed E-state index contributed by atoms with van der Waals surface area (Å²) in [5.74, 6) is -2.65. The Morgan fingerprint density at radius 3 is 2.17 bits per heavy atom. The number of aryl methyl sites for hydroxylation is 2. The number of carbonyl (C=O) groups excluding carboxylic acids is 2. The minimum absolute atomic E-state index is 0.146. The van der Waals surface area contributed by atoms with Gasteiger partial charge < -0.3 is 14.8 Å². The number of rotatable bonds is 2. The second kappa shape index (κ2) is 5.72. The minimum atomic E-state index is -1.28. The van der Waals surface area contributed by atoms with Crippen molar-refractivity contribution >= 4 is 17.6 Å². The van der Waals surface area contributed by atoms with Gasteiger partial charge in [-0.25, -0.2) is 9.59 Å². The number of cyclic esters (lactones) is 2. The van der Waals surface area contributed by atoms with Crippen LogP contribution in [0.3, 0.4) is 0 Å². The van der Waals surface area contributed by atoms with Crippen molar-refractivity contribution in [3.8, 4) is 0 Å². The summed E-state index contributed by atoms with van der Waals surface area (Å²) < 4.78 is 10.7. The molecular formula is C18H23NO4. The maximum Gasteiger partial charge on any atom is 0.350 e. The Hall–Kier alpha value is -2.30. The lowest BCUT2D eigenvalue weighted by atomic mass is 9.86. The van der Waals surface area contributed by atoms with Crippen LogP contribution >= 0.6 is 0 Å². The van der Waals surface area contributed by atoms with Crippen LogP contribution in [0, 0.1) is 19.3 Å². The van der Waals surface area contributed by atoms with E-state index in [1.807, 2.05) is 52.8 Å². The number of nitrogens with one attached hydrogen (secondary N) is 1. The molecule has 23 heavy (non-hydrogen) atoms. The van der Waals surface area contributed by atoms with Gasteiger partial charge in [0, 0.05) is 24.2 Å². The third-order valence-electron chi connectivity index (χ3n) is 4.14. The van der Waals surface area contributed by atoms with Crippen molar-refractivity contribution in [1.82, 2.24) is 0 Å². The third kappa shape index (κ3) is 3.38. The summed E-state index contributed by atoms with van der Waals surface area (Å²) in [6, 6.07) is 5.89. The summed E-state index contributed by atoms with van der Waals surface area (Å²) in [5.41, 5.74) is 2.23. The van der Waals surface area contributed by atoms with E-state index >= 15 is 0 Å². The molecule has 1 aliphatic heterocycles. The van der Waals surface area contributed by atoms with E-state index in [2.05, 4.69) is 5.32 Å². The molecule has 5 heteroatoms. The predicted molar refractivity (Wildman–Crippen MR) is 87.7 cm³/mol. The zero-order valence-corrected chi connectivity index (χ0v) is 14.4. The molecule has 1 saturated heterocycles. The first-order chi connectivity index (χ1) is 10.5. The number of carbonyl (C=O) groups is 2. The van der Waals surface area contributed by atoms with Crippen molar-refractivity contribution in [2.45, 2.75) is 47.3 Å². The van der Waals surface area contributed by atoms with Crippen LogP contribution in [0.15, 0.2) is 30.0 Å². The fourth-order valence-electron chi connectivity index (χ4n) is 2.03. The van der Waals surface area contributed by atoms with Crippen molar-refractivity contribution in [1.29, 1.82) is 0 Å². The van der Waals surface area contributed by atoms with Gasteiger partial charge in [-0.3, -0.25) is 0 Å². The van der Waals surface area contributed by atoms with Crippen molar-refractivity contribution < 1.29 is 19.1 Å². The lowest BCUT2D eigenvalue weighted by molar-refractivity contribution is -0.261. The number of hydrogen-bond acceptors (Lipinski definition) is 5. The number of benzene rings is 1. The molecule has 1 fully saturated rings. The van der Waals surface area contributed by atoms with Crippen LogP contribution in [0.4, 0.5) is 5.69 Å². The Labute approximate surface area is 136 Å². The quantitative estimate of drug-likeness (QED) is 0.514. The molecule has 1 aromatic rings. The normalized spacial score (nSPS) is 21.6. The molecule has 5 nitrogen and oxygen atoms in total. The van der Waals surface area contributed by atoms with Crippen molar-refractivity contribution in [3.63, 3.8) is 0 Å². The Morgan fingerprint density at radius 1 is 1.09 bits per heavy atom. The van der Waals surface area contributed by atoms with Gasteiger partial charge in [-0.2, -0.15) is 0 Å². The summed E-state index contributed by atoms with van der Waals surface area (Å²) in [7, 11) is 0. The Kier molecular flexibility index (Phi) is 4.24. The standard InChI is InChI=1S/C18H23NO4/c1-11-7-8-12(2)14(9-11)19-10-13-15(20)22-18(6,17(3,4)5)23-16(13)21/h7-10,19H,1-6H3. The lowest BCUT2D eigenvalue weighted by Gasteiger charge is -2.42. The summed E-state index contributed by atoms with van der Waals surface area (Å²) in [4.78, 5) is 24.4. The van der Waals surface area contributed by atoms with Crippen molar-refractivity contribution in [2.24, 2.45) is 5.41 Å². The highest BCUT2D eigenvalue weighted by Crippen LogP contribution is 2.38. The molecule has 0 radical (unpaired) electrons. The first-order valence-corrected chi connectivity index (χ1v) is 7.54. The number of hydrogen-bond donors (Lipinski definition) is 1. The van der Waals surface area contributed by atoms with Gasteiger partial charge in [0.1, 0.15) is 0 Å². The summed E-state index contributed by atoms with van der Waals surface area (Å²) in [6.07, 6.45) is 1.34. The third-order valence-corrected chi connectivity index (χ3v) is 4.14. The van der Waals surface area contributed by atoms with E-state index in [4.69, 9.17) is 9.47 Å². The summed E-state index contributed by atoms with van der Waals surface area (Å²) >= 11 is 0. The van der Waals surface area contributed by atoms with E-state index < -0.39 is 23.1 Å². The molecule has 0 bridgehead atoms. The topological polar surface area (TPSA) is 64.6 Å². The van der Waals surface area contributed by atoms with Crippen molar-refractivity contribution in [2.75, 3.05) is 5.32 Å². The van der Waals surface area contributed by atoms with Crippen LogP contribution in [-0.2, 0) is 19.1 Å². The maximum atomic E-state index is 12.2. The van der Waals surface area contributed by atoms with Gasteiger partial charge in [-0.1, -0.05) is 32.9 Å². The van der Waals surface area contributed by atoms with E-state index in [0.29, 0.717) is 0 Å². The second-order valence-corrected chi connectivity index (χ2v) is 7.00. The lowest BCUT2D eigenvalue weighted by Crippen LogP contribution is -2.52. The van der Waals surface area contributed by atoms with Gasteiger partial charge in [-0.15, -0.1) is 0 Å².